The number of rotatable bonds is 7. The van der Waals surface area contributed by atoms with E-state index in [9.17, 15) is 4.79 Å². The first-order valence-corrected chi connectivity index (χ1v) is 12.7. The van der Waals surface area contributed by atoms with Gasteiger partial charge in [0.2, 0.25) is 0 Å². The third kappa shape index (κ3) is 4.39. The molecule has 0 aliphatic heterocycles. The molecule has 0 spiro atoms. The Morgan fingerprint density at radius 2 is 1.74 bits per heavy atom. The Kier molecular flexibility index (Phi) is 6.51. The monoisotopic (exact) mass is 482 g/mol. The number of nitrogens with zero attached hydrogens (tertiary/aromatic N) is 4. The summed E-state index contributed by atoms with van der Waals surface area (Å²) in [6.07, 6.45) is 0.723. The third-order valence-electron chi connectivity index (χ3n) is 5.97. The average Bonchev–Trinajstić information content (AvgIpc) is 3.26. The fourth-order valence-corrected chi connectivity index (χ4v) is 5.12. The number of fused-ring (bicyclic) bond motifs is 2. The largest absolute Gasteiger partial charge is 0.461 e. The van der Waals surface area contributed by atoms with Crippen molar-refractivity contribution in [3.8, 4) is 11.1 Å². The topological polar surface area (TPSA) is 69.4 Å². The molecular weight excluding hydrogens is 456 g/mol. The minimum atomic E-state index is -0.485. The smallest absolute Gasteiger partial charge is 0.360 e. The molecule has 0 radical (unpaired) electrons. The molecule has 0 atom stereocenters. The molecule has 176 valence electrons. The van der Waals surface area contributed by atoms with E-state index in [-0.39, 0.29) is 12.3 Å². The van der Waals surface area contributed by atoms with Crippen molar-refractivity contribution in [1.82, 2.24) is 19.8 Å². The molecule has 0 fully saturated rings. The van der Waals surface area contributed by atoms with Gasteiger partial charge < -0.3 is 4.74 Å². The minimum absolute atomic E-state index is 0.202. The highest BCUT2D eigenvalue weighted by molar-refractivity contribution is 7.98. The number of aryl methyl sites for hydroxylation is 2. The van der Waals surface area contributed by atoms with Crippen molar-refractivity contribution in [2.24, 2.45) is 0 Å². The molecule has 5 aromatic rings. The molecule has 0 saturated heterocycles. The maximum atomic E-state index is 12.8. The number of ether oxygens (including phenoxy) is 1. The molecule has 0 amide bonds. The lowest BCUT2D eigenvalue weighted by molar-refractivity contribution is 0.0516. The normalized spacial score (nSPS) is 11.3. The number of aromatic nitrogens is 4. The first kappa shape index (κ1) is 23.1. The SMILES string of the molecule is CCOC(=O)c1nnc2c(-c3cccc4ccccc34)c(CC)nn2c1CSc1ccc(C)cc1. The van der Waals surface area contributed by atoms with Gasteiger partial charge in [0, 0.05) is 10.6 Å². The quantitative estimate of drug-likeness (QED) is 0.201. The standard InChI is InChI=1S/C28H26N4O2S/c1-4-23-25(22-12-8-10-19-9-6-7-11-21(19)22)27-30-29-26(28(33)34-5-2)24(32(27)31-23)17-35-20-15-13-18(3)14-16-20/h6-16H,4-5,17H2,1-3H3. The van der Waals surface area contributed by atoms with Crippen LogP contribution >= 0.6 is 11.8 Å². The number of hydrogen-bond donors (Lipinski definition) is 0. The number of carbonyl (C=O) groups is 1. The molecule has 3 aromatic carbocycles. The van der Waals surface area contributed by atoms with Crippen molar-refractivity contribution in [1.29, 1.82) is 0 Å². The summed E-state index contributed by atoms with van der Waals surface area (Å²) < 4.78 is 7.09. The number of carbonyl (C=O) groups excluding carboxylic acids is 1. The maximum Gasteiger partial charge on any atom is 0.360 e. The van der Waals surface area contributed by atoms with Crippen molar-refractivity contribution in [2.75, 3.05) is 6.61 Å². The highest BCUT2D eigenvalue weighted by Crippen LogP contribution is 2.35. The molecule has 0 bridgehead atoms. The van der Waals surface area contributed by atoms with E-state index in [0.717, 1.165) is 38.9 Å². The summed E-state index contributed by atoms with van der Waals surface area (Å²) in [6, 6.07) is 22.9. The summed E-state index contributed by atoms with van der Waals surface area (Å²) in [4.78, 5) is 13.9. The molecule has 6 nitrogen and oxygen atoms in total. The van der Waals surface area contributed by atoms with Crippen molar-refractivity contribution >= 4 is 34.2 Å². The van der Waals surface area contributed by atoms with Gasteiger partial charge in [0.25, 0.3) is 0 Å². The number of benzene rings is 3. The second-order valence-corrected chi connectivity index (χ2v) is 9.30. The molecule has 0 N–H and O–H groups in total. The van der Waals surface area contributed by atoms with Crippen LogP contribution in [0.3, 0.4) is 0 Å². The van der Waals surface area contributed by atoms with Crippen molar-refractivity contribution in [3.05, 3.63) is 89.4 Å². The van der Waals surface area contributed by atoms with Crippen LogP contribution in [-0.2, 0) is 16.9 Å². The van der Waals surface area contributed by atoms with Gasteiger partial charge in [-0.2, -0.15) is 5.10 Å². The summed E-state index contributed by atoms with van der Waals surface area (Å²) in [7, 11) is 0. The van der Waals surface area contributed by atoms with Crippen LogP contribution in [0.1, 0.15) is 41.3 Å². The Hall–Kier alpha value is -3.71. The predicted molar refractivity (Wildman–Crippen MR) is 140 cm³/mol. The number of thioether (sulfide) groups is 1. The van der Waals surface area contributed by atoms with Gasteiger partial charge in [-0.1, -0.05) is 67.1 Å². The molecule has 35 heavy (non-hydrogen) atoms. The van der Waals surface area contributed by atoms with Crippen LogP contribution in [0, 0.1) is 6.92 Å². The van der Waals surface area contributed by atoms with E-state index < -0.39 is 5.97 Å². The van der Waals surface area contributed by atoms with E-state index >= 15 is 0 Å². The van der Waals surface area contributed by atoms with Crippen LogP contribution in [0.5, 0.6) is 0 Å². The van der Waals surface area contributed by atoms with Gasteiger partial charge in [0.15, 0.2) is 11.3 Å². The van der Waals surface area contributed by atoms with E-state index in [1.54, 1.807) is 23.2 Å². The molecular formula is C28H26N4O2S. The fraction of sp³-hybridized carbons (Fsp3) is 0.214. The van der Waals surface area contributed by atoms with Gasteiger partial charge in [-0.3, -0.25) is 0 Å². The van der Waals surface area contributed by atoms with Crippen molar-refractivity contribution < 1.29 is 9.53 Å². The third-order valence-corrected chi connectivity index (χ3v) is 6.99. The first-order chi connectivity index (χ1) is 17.1. The summed E-state index contributed by atoms with van der Waals surface area (Å²) >= 11 is 1.63. The second-order valence-electron chi connectivity index (χ2n) is 8.25. The predicted octanol–water partition coefficient (Wildman–Crippen LogP) is 6.28. The lowest BCUT2D eigenvalue weighted by Gasteiger charge is -2.10. The van der Waals surface area contributed by atoms with Crippen LogP contribution in [0.15, 0.2) is 71.6 Å². The second kappa shape index (κ2) is 9.88. The maximum absolute atomic E-state index is 12.8. The summed E-state index contributed by atoms with van der Waals surface area (Å²) in [5.41, 5.74) is 5.66. The van der Waals surface area contributed by atoms with Gasteiger partial charge in [0.1, 0.15) is 0 Å². The van der Waals surface area contributed by atoms with E-state index in [2.05, 4.69) is 78.6 Å². The van der Waals surface area contributed by atoms with Gasteiger partial charge >= 0.3 is 5.97 Å². The van der Waals surface area contributed by atoms with Crippen LogP contribution in [0.2, 0.25) is 0 Å². The summed E-state index contributed by atoms with van der Waals surface area (Å²) in [5, 5.41) is 16.1. The Bertz CT molecular complexity index is 1520. The Balaban J connectivity index is 1.70. The Morgan fingerprint density at radius 1 is 0.971 bits per heavy atom. The zero-order valence-corrected chi connectivity index (χ0v) is 20.8. The van der Waals surface area contributed by atoms with Gasteiger partial charge in [-0.25, -0.2) is 9.31 Å². The zero-order chi connectivity index (χ0) is 24.4. The van der Waals surface area contributed by atoms with Crippen LogP contribution < -0.4 is 0 Å². The molecule has 0 aliphatic rings. The summed E-state index contributed by atoms with van der Waals surface area (Å²) in [6.45, 7) is 6.20. The Labute approximate surface area is 208 Å². The van der Waals surface area contributed by atoms with E-state index in [1.165, 1.54) is 5.56 Å². The number of hydrogen-bond acceptors (Lipinski definition) is 6. The van der Waals surface area contributed by atoms with E-state index in [0.29, 0.717) is 17.1 Å². The average molecular weight is 483 g/mol. The van der Waals surface area contributed by atoms with E-state index in [1.807, 2.05) is 12.1 Å². The van der Waals surface area contributed by atoms with Crippen molar-refractivity contribution in [3.63, 3.8) is 0 Å². The zero-order valence-electron chi connectivity index (χ0n) is 20.0. The lowest BCUT2D eigenvalue weighted by atomic mass is 9.97. The first-order valence-electron chi connectivity index (χ1n) is 11.7. The number of esters is 1. The lowest BCUT2D eigenvalue weighted by Crippen LogP contribution is -2.16. The Morgan fingerprint density at radius 3 is 2.51 bits per heavy atom. The van der Waals surface area contributed by atoms with Gasteiger partial charge in [-0.05, 0) is 48.7 Å². The molecule has 0 aliphatic carbocycles. The molecule has 2 heterocycles. The van der Waals surface area contributed by atoms with Crippen LogP contribution in [0.4, 0.5) is 0 Å². The van der Waals surface area contributed by atoms with Crippen LogP contribution in [-0.4, -0.2) is 32.4 Å². The highest BCUT2D eigenvalue weighted by Gasteiger charge is 2.24. The minimum Gasteiger partial charge on any atom is -0.461 e. The summed E-state index contributed by atoms with van der Waals surface area (Å²) in [5.74, 6) is 0.0184. The molecule has 5 rings (SSSR count). The molecule has 0 saturated carbocycles. The molecule has 2 aromatic heterocycles. The van der Waals surface area contributed by atoms with Gasteiger partial charge in [0.05, 0.1) is 23.6 Å². The van der Waals surface area contributed by atoms with Crippen molar-refractivity contribution in [2.45, 2.75) is 37.8 Å². The molecule has 7 heteroatoms. The van der Waals surface area contributed by atoms with E-state index in [4.69, 9.17) is 9.84 Å². The van der Waals surface area contributed by atoms with Crippen LogP contribution in [0.25, 0.3) is 27.5 Å². The highest BCUT2D eigenvalue weighted by atomic mass is 32.2. The molecule has 0 unspecified atom stereocenters. The fourth-order valence-electron chi connectivity index (χ4n) is 4.23. The van der Waals surface area contributed by atoms with Gasteiger partial charge in [-0.15, -0.1) is 22.0 Å².